The maximum atomic E-state index is 11.8. The third-order valence-electron chi connectivity index (χ3n) is 2.64. The summed E-state index contributed by atoms with van der Waals surface area (Å²) in [6.45, 7) is 0.294. The van der Waals surface area contributed by atoms with Gasteiger partial charge in [-0.05, 0) is 18.6 Å². The van der Waals surface area contributed by atoms with E-state index in [1.165, 1.54) is 11.3 Å². The van der Waals surface area contributed by atoms with Crippen LogP contribution in [-0.2, 0) is 4.79 Å². The first-order chi connectivity index (χ1) is 10.2. The van der Waals surface area contributed by atoms with Gasteiger partial charge in [0.1, 0.15) is 5.69 Å². The van der Waals surface area contributed by atoms with Crippen LogP contribution in [0.2, 0.25) is 0 Å². The van der Waals surface area contributed by atoms with Crippen LogP contribution in [0.5, 0.6) is 0 Å². The summed E-state index contributed by atoms with van der Waals surface area (Å²) in [5.74, 6) is -0.611. The fourth-order valence-electron chi connectivity index (χ4n) is 1.54. The molecule has 0 radical (unpaired) electrons. The van der Waals surface area contributed by atoms with E-state index in [1.54, 1.807) is 36.0 Å². The minimum Gasteiger partial charge on any atom is -0.351 e. The lowest BCUT2D eigenvalue weighted by Gasteiger charge is -2.11. The van der Waals surface area contributed by atoms with Crippen molar-refractivity contribution in [3.8, 4) is 0 Å². The number of carbonyl (C=O) groups excluding carboxylic acids is 2. The van der Waals surface area contributed by atoms with Gasteiger partial charge in [0.2, 0.25) is 5.91 Å². The molecular weight excluding hydrogens is 326 g/mol. The molecule has 0 saturated carbocycles. The molecule has 2 amide bonds. The monoisotopic (exact) mass is 341 g/mol. The van der Waals surface area contributed by atoms with Crippen molar-refractivity contribution < 1.29 is 9.59 Å². The number of halogens is 1. The third-order valence-corrected chi connectivity index (χ3v) is 3.33. The van der Waals surface area contributed by atoms with Crippen LogP contribution < -0.4 is 16.4 Å². The summed E-state index contributed by atoms with van der Waals surface area (Å²) in [4.78, 5) is 31.4. The van der Waals surface area contributed by atoms with Crippen LogP contribution in [-0.4, -0.2) is 34.4 Å². The molecular formula is C13H16ClN5O2S. The molecule has 2 aromatic rings. The number of nitrogens with zero attached hydrogens (tertiary/aromatic N) is 2. The van der Waals surface area contributed by atoms with E-state index >= 15 is 0 Å². The van der Waals surface area contributed by atoms with Crippen LogP contribution in [0.1, 0.15) is 16.9 Å². The van der Waals surface area contributed by atoms with Gasteiger partial charge in [-0.1, -0.05) is 6.07 Å². The number of hydrogen-bond acceptors (Lipinski definition) is 6. The molecule has 0 unspecified atom stereocenters. The molecule has 0 aliphatic rings. The number of thiazole rings is 1. The average molecular weight is 342 g/mol. The standard InChI is InChI=1S/C13H15N5O2S.ClH/c14-9(11(19)18-13-17-7-8-21-13)4-6-16-12(20)10-3-1-2-5-15-10;/h1-3,5,7-9H,4,6,14H2,(H,16,20)(H,17,18,19);1H/t9-;/m0./s1. The Labute approximate surface area is 137 Å². The summed E-state index contributed by atoms with van der Waals surface area (Å²) in [5.41, 5.74) is 6.09. The fraction of sp³-hybridized carbons (Fsp3) is 0.231. The smallest absolute Gasteiger partial charge is 0.269 e. The van der Waals surface area contributed by atoms with Gasteiger partial charge >= 0.3 is 0 Å². The van der Waals surface area contributed by atoms with E-state index in [1.807, 2.05) is 0 Å². The van der Waals surface area contributed by atoms with Gasteiger partial charge in [-0.2, -0.15) is 0 Å². The molecule has 2 aromatic heterocycles. The largest absolute Gasteiger partial charge is 0.351 e. The van der Waals surface area contributed by atoms with Crippen molar-refractivity contribution in [3.63, 3.8) is 0 Å². The highest BCUT2D eigenvalue weighted by Gasteiger charge is 2.15. The predicted octanol–water partition coefficient (Wildman–Crippen LogP) is 1.05. The Kier molecular flexibility index (Phi) is 7.44. The summed E-state index contributed by atoms with van der Waals surface area (Å²) >= 11 is 1.32. The number of pyridine rings is 1. The van der Waals surface area contributed by atoms with Crippen LogP contribution in [0.25, 0.3) is 0 Å². The van der Waals surface area contributed by atoms with E-state index in [0.717, 1.165) is 0 Å². The van der Waals surface area contributed by atoms with Gasteiger partial charge in [-0.3, -0.25) is 14.6 Å². The number of rotatable bonds is 6. The lowest BCUT2D eigenvalue weighted by atomic mass is 10.2. The molecule has 0 spiro atoms. The van der Waals surface area contributed by atoms with Crippen LogP contribution in [0, 0.1) is 0 Å². The molecule has 4 N–H and O–H groups in total. The Balaban J connectivity index is 0.00000242. The highest BCUT2D eigenvalue weighted by Crippen LogP contribution is 2.10. The molecule has 0 aromatic carbocycles. The number of hydrogen-bond donors (Lipinski definition) is 3. The Morgan fingerprint density at radius 2 is 2.09 bits per heavy atom. The minimum absolute atomic E-state index is 0. The van der Waals surface area contributed by atoms with Crippen LogP contribution in [0.15, 0.2) is 36.0 Å². The van der Waals surface area contributed by atoms with Crippen LogP contribution >= 0.6 is 23.7 Å². The molecule has 7 nitrogen and oxygen atoms in total. The lowest BCUT2D eigenvalue weighted by Crippen LogP contribution is -2.39. The third kappa shape index (κ3) is 5.40. The predicted molar refractivity (Wildman–Crippen MR) is 87.2 cm³/mol. The number of nitrogens with one attached hydrogen (secondary N) is 2. The first-order valence-corrected chi connectivity index (χ1v) is 7.20. The molecule has 0 aliphatic heterocycles. The maximum absolute atomic E-state index is 11.8. The normalized spacial score (nSPS) is 11.1. The van der Waals surface area contributed by atoms with Crippen molar-refractivity contribution in [2.45, 2.75) is 12.5 Å². The molecule has 118 valence electrons. The van der Waals surface area contributed by atoms with E-state index in [4.69, 9.17) is 5.73 Å². The Bertz CT molecular complexity index is 594. The van der Waals surface area contributed by atoms with E-state index in [2.05, 4.69) is 20.6 Å². The number of nitrogens with two attached hydrogens (primary N) is 1. The van der Waals surface area contributed by atoms with Crippen molar-refractivity contribution in [1.82, 2.24) is 15.3 Å². The molecule has 0 saturated heterocycles. The van der Waals surface area contributed by atoms with Gasteiger partial charge in [-0.15, -0.1) is 23.7 Å². The molecule has 0 aliphatic carbocycles. The second-order valence-electron chi connectivity index (χ2n) is 4.19. The molecule has 1 atom stereocenters. The Morgan fingerprint density at radius 3 is 2.73 bits per heavy atom. The van der Waals surface area contributed by atoms with Crippen LogP contribution in [0.3, 0.4) is 0 Å². The van der Waals surface area contributed by atoms with Crippen LogP contribution in [0.4, 0.5) is 5.13 Å². The van der Waals surface area contributed by atoms with E-state index in [0.29, 0.717) is 23.8 Å². The van der Waals surface area contributed by atoms with Gasteiger partial charge in [0, 0.05) is 24.3 Å². The topological polar surface area (TPSA) is 110 Å². The molecule has 2 heterocycles. The summed E-state index contributed by atoms with van der Waals surface area (Å²) < 4.78 is 0. The Morgan fingerprint density at radius 1 is 1.27 bits per heavy atom. The highest BCUT2D eigenvalue weighted by atomic mass is 35.5. The minimum atomic E-state index is -0.710. The van der Waals surface area contributed by atoms with Gasteiger partial charge < -0.3 is 16.4 Å². The van der Waals surface area contributed by atoms with Crippen molar-refractivity contribution in [3.05, 3.63) is 41.7 Å². The van der Waals surface area contributed by atoms with Gasteiger partial charge in [0.05, 0.1) is 6.04 Å². The van der Waals surface area contributed by atoms with E-state index < -0.39 is 6.04 Å². The number of aromatic nitrogens is 2. The first kappa shape index (κ1) is 18.0. The second-order valence-corrected chi connectivity index (χ2v) is 5.09. The summed E-state index contributed by atoms with van der Waals surface area (Å²) in [6, 6.07) is 4.37. The quantitative estimate of drug-likeness (QED) is 0.727. The molecule has 0 fully saturated rings. The summed E-state index contributed by atoms with van der Waals surface area (Å²) in [6.07, 6.45) is 3.47. The molecule has 22 heavy (non-hydrogen) atoms. The van der Waals surface area contributed by atoms with Crippen molar-refractivity contribution >= 4 is 40.7 Å². The summed E-state index contributed by atoms with van der Waals surface area (Å²) in [5, 5.41) is 7.54. The first-order valence-electron chi connectivity index (χ1n) is 6.32. The summed E-state index contributed by atoms with van der Waals surface area (Å²) in [7, 11) is 0. The maximum Gasteiger partial charge on any atom is 0.269 e. The fourth-order valence-corrected chi connectivity index (χ4v) is 2.08. The number of amides is 2. The molecule has 9 heteroatoms. The van der Waals surface area contributed by atoms with Crippen molar-refractivity contribution in [1.29, 1.82) is 0 Å². The second kappa shape index (κ2) is 9.08. The SMILES string of the molecule is Cl.N[C@@H](CCNC(=O)c1ccccn1)C(=O)Nc1nccs1. The van der Waals surface area contributed by atoms with E-state index in [9.17, 15) is 9.59 Å². The lowest BCUT2D eigenvalue weighted by molar-refractivity contribution is -0.117. The van der Waals surface area contributed by atoms with Crippen molar-refractivity contribution in [2.75, 3.05) is 11.9 Å². The average Bonchev–Trinajstić information content (AvgIpc) is 3.00. The van der Waals surface area contributed by atoms with Gasteiger partial charge in [0.15, 0.2) is 5.13 Å². The molecule has 2 rings (SSSR count). The van der Waals surface area contributed by atoms with E-state index in [-0.39, 0.29) is 24.2 Å². The Hall–Kier alpha value is -2.03. The highest BCUT2D eigenvalue weighted by molar-refractivity contribution is 7.13. The van der Waals surface area contributed by atoms with Gasteiger partial charge in [-0.25, -0.2) is 4.98 Å². The number of anilines is 1. The zero-order valence-corrected chi connectivity index (χ0v) is 13.2. The zero-order valence-electron chi connectivity index (χ0n) is 11.6. The number of carbonyl (C=O) groups is 2. The van der Waals surface area contributed by atoms with Crippen molar-refractivity contribution in [2.24, 2.45) is 5.73 Å². The molecule has 0 bridgehead atoms. The zero-order chi connectivity index (χ0) is 15.1. The van der Waals surface area contributed by atoms with Gasteiger partial charge in [0.25, 0.3) is 5.91 Å².